The Morgan fingerprint density at radius 2 is 1.72 bits per heavy atom. The van der Waals surface area contributed by atoms with E-state index in [0.29, 0.717) is 11.1 Å². The van der Waals surface area contributed by atoms with Gasteiger partial charge in [-0.15, -0.1) is 5.54 Å². The molecule has 130 valence electrons. The quantitative estimate of drug-likeness (QED) is 0.579. The number of nitrogens with one attached hydrogen (secondary N) is 1. The molecule has 1 N–H and O–H groups in total. The number of anilines is 1. The van der Waals surface area contributed by atoms with Crippen LogP contribution in [0.25, 0.3) is 0 Å². The first-order valence-electron chi connectivity index (χ1n) is 7.66. The van der Waals surface area contributed by atoms with E-state index in [2.05, 4.69) is 36.4 Å². The summed E-state index contributed by atoms with van der Waals surface area (Å²) in [5.41, 5.74) is 3.56. The Balaban J connectivity index is 2.20. The lowest BCUT2D eigenvalue weighted by molar-refractivity contribution is -0.137. The van der Waals surface area contributed by atoms with Crippen LogP contribution in [-0.4, -0.2) is 14.0 Å². The second kappa shape index (κ2) is 7.15. The number of hydrogen-bond acceptors (Lipinski definition) is 1. The number of carbonyl (C=O) groups is 1. The number of hydrogen-bond donors (Lipinski definition) is 1. The molecule has 0 fully saturated rings. The topological polar surface area (TPSA) is 29.1 Å². The molecule has 0 aliphatic heterocycles. The van der Waals surface area contributed by atoms with Crippen LogP contribution in [0.15, 0.2) is 48.5 Å². The van der Waals surface area contributed by atoms with Crippen molar-refractivity contribution in [2.75, 3.05) is 5.32 Å². The van der Waals surface area contributed by atoms with Gasteiger partial charge in [0.25, 0.3) is 5.91 Å². The first-order chi connectivity index (χ1) is 11.5. The zero-order chi connectivity index (χ0) is 18.7. The van der Waals surface area contributed by atoms with Crippen LogP contribution in [0, 0.1) is 11.5 Å². The van der Waals surface area contributed by atoms with Gasteiger partial charge in [-0.1, -0.05) is 37.7 Å². The second-order valence-electron chi connectivity index (χ2n) is 6.61. The van der Waals surface area contributed by atoms with Crippen LogP contribution >= 0.6 is 0 Å². The molecule has 0 unspecified atom stereocenters. The predicted molar refractivity (Wildman–Crippen MR) is 96.1 cm³/mol. The Morgan fingerprint density at radius 3 is 2.36 bits per heavy atom. The SMILES string of the molecule is C[Si](C)(C)C#Cc1cccc(C(=O)Nc2cccc(C(F)(F)F)c2)c1. The van der Waals surface area contributed by atoms with E-state index in [0.717, 1.165) is 12.1 Å². The standard InChI is InChI=1S/C19H18F3NOSi/c1-25(2,3)11-10-14-6-4-7-15(12-14)18(24)23-17-9-5-8-16(13-17)19(20,21)22/h4-9,12-13H,1-3H3,(H,23,24). The molecule has 0 bridgehead atoms. The van der Waals surface area contributed by atoms with Crippen LogP contribution in [0.5, 0.6) is 0 Å². The van der Waals surface area contributed by atoms with Crippen LogP contribution in [0.4, 0.5) is 18.9 Å². The molecule has 0 atom stereocenters. The van der Waals surface area contributed by atoms with E-state index >= 15 is 0 Å². The monoisotopic (exact) mass is 361 g/mol. The van der Waals surface area contributed by atoms with Crippen molar-refractivity contribution in [1.82, 2.24) is 0 Å². The Hall–Kier alpha value is -2.52. The maximum Gasteiger partial charge on any atom is 0.416 e. The summed E-state index contributed by atoms with van der Waals surface area (Å²) in [5, 5.41) is 2.49. The third-order valence-electron chi connectivity index (χ3n) is 3.15. The van der Waals surface area contributed by atoms with Gasteiger partial charge in [-0.3, -0.25) is 4.79 Å². The molecule has 0 spiro atoms. The van der Waals surface area contributed by atoms with Crippen molar-refractivity contribution in [3.05, 3.63) is 65.2 Å². The highest BCUT2D eigenvalue weighted by molar-refractivity contribution is 6.83. The van der Waals surface area contributed by atoms with Gasteiger partial charge in [0, 0.05) is 16.8 Å². The number of benzene rings is 2. The minimum Gasteiger partial charge on any atom is -0.322 e. The van der Waals surface area contributed by atoms with Crippen LogP contribution < -0.4 is 5.32 Å². The highest BCUT2D eigenvalue weighted by Gasteiger charge is 2.30. The largest absolute Gasteiger partial charge is 0.416 e. The molecule has 0 aliphatic rings. The van der Waals surface area contributed by atoms with Crippen molar-refractivity contribution in [3.8, 4) is 11.5 Å². The summed E-state index contributed by atoms with van der Waals surface area (Å²) in [5.74, 6) is 2.58. The number of alkyl halides is 3. The predicted octanol–water partition coefficient (Wildman–Crippen LogP) is 5.19. The second-order valence-corrected chi connectivity index (χ2v) is 11.4. The molecule has 0 saturated heterocycles. The molecule has 0 saturated carbocycles. The molecule has 6 heteroatoms. The molecule has 2 rings (SSSR count). The molecule has 0 radical (unpaired) electrons. The van der Waals surface area contributed by atoms with E-state index < -0.39 is 25.7 Å². The van der Waals surface area contributed by atoms with E-state index in [1.54, 1.807) is 24.3 Å². The third-order valence-corrected chi connectivity index (χ3v) is 4.03. The Bertz CT molecular complexity index is 842. The van der Waals surface area contributed by atoms with E-state index in [-0.39, 0.29) is 5.69 Å². The maximum absolute atomic E-state index is 12.7. The van der Waals surface area contributed by atoms with Gasteiger partial charge in [0.05, 0.1) is 5.56 Å². The van der Waals surface area contributed by atoms with Crippen molar-refractivity contribution in [3.63, 3.8) is 0 Å². The molecule has 1 amide bonds. The first-order valence-corrected chi connectivity index (χ1v) is 11.2. The van der Waals surface area contributed by atoms with Gasteiger partial charge >= 0.3 is 6.18 Å². The molecular formula is C19H18F3NOSi. The summed E-state index contributed by atoms with van der Waals surface area (Å²) in [6.45, 7) is 6.35. The number of amides is 1. The van der Waals surface area contributed by atoms with Crippen LogP contribution in [-0.2, 0) is 6.18 Å². The van der Waals surface area contributed by atoms with Gasteiger partial charge in [0.2, 0.25) is 0 Å². The molecule has 2 aromatic carbocycles. The zero-order valence-electron chi connectivity index (χ0n) is 14.2. The van der Waals surface area contributed by atoms with Crippen molar-refractivity contribution < 1.29 is 18.0 Å². The average molecular weight is 361 g/mol. The fourth-order valence-corrected chi connectivity index (χ4v) is 2.49. The van der Waals surface area contributed by atoms with Crippen LogP contribution in [0.1, 0.15) is 21.5 Å². The Labute approximate surface area is 146 Å². The fourth-order valence-electron chi connectivity index (χ4n) is 1.97. The van der Waals surface area contributed by atoms with E-state index in [1.165, 1.54) is 12.1 Å². The van der Waals surface area contributed by atoms with Crippen LogP contribution in [0.2, 0.25) is 19.6 Å². The highest BCUT2D eigenvalue weighted by Crippen LogP contribution is 2.30. The summed E-state index contributed by atoms with van der Waals surface area (Å²) < 4.78 is 38.2. The minimum atomic E-state index is -4.45. The molecule has 0 aliphatic carbocycles. The molecule has 2 nitrogen and oxygen atoms in total. The lowest BCUT2D eigenvalue weighted by atomic mass is 10.1. The average Bonchev–Trinajstić information content (AvgIpc) is 2.52. The van der Waals surface area contributed by atoms with Gasteiger partial charge in [0.15, 0.2) is 0 Å². The number of carbonyl (C=O) groups excluding carboxylic acids is 1. The number of halogens is 3. The van der Waals surface area contributed by atoms with Crippen molar-refractivity contribution in [2.24, 2.45) is 0 Å². The number of rotatable bonds is 2. The maximum atomic E-state index is 12.7. The summed E-state index contributed by atoms with van der Waals surface area (Å²) in [7, 11) is -1.54. The molecule has 0 aromatic heterocycles. The fraction of sp³-hybridized carbons (Fsp3) is 0.211. The molecule has 0 heterocycles. The Kier molecular flexibility index (Phi) is 5.38. The van der Waals surface area contributed by atoms with Crippen molar-refractivity contribution >= 4 is 19.7 Å². The normalized spacial score (nSPS) is 11.4. The van der Waals surface area contributed by atoms with Gasteiger partial charge < -0.3 is 5.32 Å². The summed E-state index contributed by atoms with van der Waals surface area (Å²) in [4.78, 5) is 12.3. The lowest BCUT2D eigenvalue weighted by Crippen LogP contribution is -2.16. The molecule has 25 heavy (non-hydrogen) atoms. The van der Waals surface area contributed by atoms with Gasteiger partial charge in [-0.2, -0.15) is 13.2 Å². The minimum absolute atomic E-state index is 0.0958. The third kappa shape index (κ3) is 5.80. The van der Waals surface area contributed by atoms with E-state index in [4.69, 9.17) is 0 Å². The summed E-state index contributed by atoms with van der Waals surface area (Å²) in [6.07, 6.45) is -4.45. The van der Waals surface area contributed by atoms with Gasteiger partial charge in [0.1, 0.15) is 8.07 Å². The highest BCUT2D eigenvalue weighted by atomic mass is 28.3. The Morgan fingerprint density at radius 1 is 1.04 bits per heavy atom. The van der Waals surface area contributed by atoms with Gasteiger partial charge in [-0.25, -0.2) is 0 Å². The smallest absolute Gasteiger partial charge is 0.322 e. The van der Waals surface area contributed by atoms with E-state index in [1.807, 2.05) is 0 Å². The summed E-state index contributed by atoms with van der Waals surface area (Å²) in [6, 6.07) is 11.3. The van der Waals surface area contributed by atoms with E-state index in [9.17, 15) is 18.0 Å². The van der Waals surface area contributed by atoms with Gasteiger partial charge in [-0.05, 0) is 36.4 Å². The zero-order valence-corrected chi connectivity index (χ0v) is 15.2. The van der Waals surface area contributed by atoms with Crippen molar-refractivity contribution in [1.29, 1.82) is 0 Å². The summed E-state index contributed by atoms with van der Waals surface area (Å²) >= 11 is 0. The van der Waals surface area contributed by atoms with Crippen LogP contribution in [0.3, 0.4) is 0 Å². The lowest BCUT2D eigenvalue weighted by Gasteiger charge is -2.10. The molecular weight excluding hydrogens is 343 g/mol. The molecule has 2 aromatic rings. The van der Waals surface area contributed by atoms with Crippen molar-refractivity contribution in [2.45, 2.75) is 25.8 Å². The first kappa shape index (κ1) is 18.8.